The van der Waals surface area contributed by atoms with Gasteiger partial charge in [-0.1, -0.05) is 23.8 Å². The SMILES string of the molecule is Cc1cccc(-c2nc(CCN)cs2)c1. The van der Waals surface area contributed by atoms with E-state index in [4.69, 9.17) is 5.73 Å². The molecule has 0 spiro atoms. The zero-order valence-electron chi connectivity index (χ0n) is 8.73. The van der Waals surface area contributed by atoms with Crippen molar-refractivity contribution in [2.24, 2.45) is 5.73 Å². The Bertz CT molecular complexity index is 448. The molecule has 2 nitrogen and oxygen atoms in total. The van der Waals surface area contributed by atoms with E-state index < -0.39 is 0 Å². The molecule has 0 bridgehead atoms. The highest BCUT2D eigenvalue weighted by atomic mass is 32.1. The first-order valence-corrected chi connectivity index (χ1v) is 5.89. The van der Waals surface area contributed by atoms with Crippen LogP contribution in [0, 0.1) is 6.92 Å². The summed E-state index contributed by atoms with van der Waals surface area (Å²) in [6.07, 6.45) is 0.863. The van der Waals surface area contributed by atoms with Crippen LogP contribution in [0.1, 0.15) is 11.3 Å². The van der Waals surface area contributed by atoms with E-state index in [2.05, 4.69) is 41.6 Å². The van der Waals surface area contributed by atoms with Crippen LogP contribution in [0.3, 0.4) is 0 Å². The van der Waals surface area contributed by atoms with Gasteiger partial charge in [-0.2, -0.15) is 0 Å². The van der Waals surface area contributed by atoms with Crippen LogP contribution < -0.4 is 5.73 Å². The average Bonchev–Trinajstić information content (AvgIpc) is 2.67. The number of rotatable bonds is 3. The third-order valence-corrected chi connectivity index (χ3v) is 3.16. The number of hydrogen-bond acceptors (Lipinski definition) is 3. The van der Waals surface area contributed by atoms with Crippen molar-refractivity contribution in [1.82, 2.24) is 4.98 Å². The van der Waals surface area contributed by atoms with Gasteiger partial charge in [0, 0.05) is 17.4 Å². The van der Waals surface area contributed by atoms with Gasteiger partial charge in [0.1, 0.15) is 5.01 Å². The summed E-state index contributed by atoms with van der Waals surface area (Å²) in [5.41, 5.74) is 9.06. The molecule has 0 aliphatic rings. The van der Waals surface area contributed by atoms with Gasteiger partial charge in [-0.3, -0.25) is 0 Å². The van der Waals surface area contributed by atoms with Crippen molar-refractivity contribution in [3.05, 3.63) is 40.9 Å². The molecule has 1 heterocycles. The lowest BCUT2D eigenvalue weighted by atomic mass is 10.1. The number of benzene rings is 1. The minimum atomic E-state index is 0.664. The lowest BCUT2D eigenvalue weighted by molar-refractivity contribution is 0.936. The molecule has 2 aromatic rings. The fourth-order valence-electron chi connectivity index (χ4n) is 1.48. The maximum Gasteiger partial charge on any atom is 0.123 e. The summed E-state index contributed by atoms with van der Waals surface area (Å²) in [5, 5.41) is 3.17. The van der Waals surface area contributed by atoms with Gasteiger partial charge in [0.25, 0.3) is 0 Å². The predicted octanol–water partition coefficient (Wildman–Crippen LogP) is 2.62. The first-order valence-electron chi connectivity index (χ1n) is 5.01. The first-order chi connectivity index (χ1) is 7.29. The van der Waals surface area contributed by atoms with E-state index in [1.54, 1.807) is 11.3 Å². The van der Waals surface area contributed by atoms with Crippen molar-refractivity contribution in [2.75, 3.05) is 6.54 Å². The van der Waals surface area contributed by atoms with E-state index in [1.165, 1.54) is 11.1 Å². The molecule has 1 aromatic carbocycles. The molecular weight excluding hydrogens is 204 g/mol. The molecule has 3 heteroatoms. The number of nitrogens with two attached hydrogens (primary N) is 1. The molecule has 0 saturated carbocycles. The Kier molecular flexibility index (Phi) is 3.14. The third-order valence-electron chi connectivity index (χ3n) is 2.22. The highest BCUT2D eigenvalue weighted by Crippen LogP contribution is 2.24. The molecule has 2 N–H and O–H groups in total. The minimum absolute atomic E-state index is 0.664. The molecule has 0 saturated heterocycles. The Balaban J connectivity index is 2.29. The van der Waals surface area contributed by atoms with Crippen molar-refractivity contribution in [1.29, 1.82) is 0 Å². The zero-order valence-corrected chi connectivity index (χ0v) is 9.55. The number of thiazole rings is 1. The molecule has 0 aliphatic carbocycles. The normalized spacial score (nSPS) is 10.5. The monoisotopic (exact) mass is 218 g/mol. The second-order valence-corrected chi connectivity index (χ2v) is 4.41. The number of aryl methyl sites for hydroxylation is 1. The van der Waals surface area contributed by atoms with Gasteiger partial charge in [-0.15, -0.1) is 11.3 Å². The lowest BCUT2D eigenvalue weighted by Crippen LogP contribution is -2.02. The quantitative estimate of drug-likeness (QED) is 0.860. The lowest BCUT2D eigenvalue weighted by Gasteiger charge is -1.97. The van der Waals surface area contributed by atoms with Crippen LogP contribution in [0.5, 0.6) is 0 Å². The number of nitrogens with zero attached hydrogens (tertiary/aromatic N) is 1. The molecule has 0 atom stereocenters. The summed E-state index contributed by atoms with van der Waals surface area (Å²) in [6, 6.07) is 8.41. The maximum atomic E-state index is 5.50. The molecule has 0 fully saturated rings. The fraction of sp³-hybridized carbons (Fsp3) is 0.250. The van der Waals surface area contributed by atoms with Gasteiger partial charge in [-0.25, -0.2) is 4.98 Å². The molecule has 1 aromatic heterocycles. The van der Waals surface area contributed by atoms with E-state index in [0.717, 1.165) is 17.1 Å². The van der Waals surface area contributed by atoms with Crippen LogP contribution in [-0.4, -0.2) is 11.5 Å². The number of aromatic nitrogens is 1. The number of hydrogen-bond donors (Lipinski definition) is 1. The van der Waals surface area contributed by atoms with Gasteiger partial charge >= 0.3 is 0 Å². The Hall–Kier alpha value is -1.19. The van der Waals surface area contributed by atoms with Crippen LogP contribution in [0.4, 0.5) is 0 Å². The van der Waals surface area contributed by atoms with Crippen molar-refractivity contribution in [3.63, 3.8) is 0 Å². The Labute approximate surface area is 93.8 Å². The van der Waals surface area contributed by atoms with E-state index in [1.807, 2.05) is 0 Å². The largest absolute Gasteiger partial charge is 0.330 e. The minimum Gasteiger partial charge on any atom is -0.330 e. The van der Waals surface area contributed by atoms with E-state index in [9.17, 15) is 0 Å². The highest BCUT2D eigenvalue weighted by molar-refractivity contribution is 7.13. The van der Waals surface area contributed by atoms with Gasteiger partial charge in [0.15, 0.2) is 0 Å². The summed E-state index contributed by atoms with van der Waals surface area (Å²) in [7, 11) is 0. The van der Waals surface area contributed by atoms with E-state index in [0.29, 0.717) is 6.54 Å². The third kappa shape index (κ3) is 2.43. The topological polar surface area (TPSA) is 38.9 Å². The van der Waals surface area contributed by atoms with Crippen LogP contribution >= 0.6 is 11.3 Å². The molecular formula is C12H14N2S. The Morgan fingerprint density at radius 3 is 3.00 bits per heavy atom. The van der Waals surface area contributed by atoms with Crippen LogP contribution in [0.25, 0.3) is 10.6 Å². The van der Waals surface area contributed by atoms with E-state index >= 15 is 0 Å². The van der Waals surface area contributed by atoms with Crippen LogP contribution in [0.15, 0.2) is 29.6 Å². The van der Waals surface area contributed by atoms with Crippen LogP contribution in [-0.2, 0) is 6.42 Å². The Morgan fingerprint density at radius 1 is 1.40 bits per heavy atom. The van der Waals surface area contributed by atoms with Gasteiger partial charge in [0.05, 0.1) is 5.69 Å². The smallest absolute Gasteiger partial charge is 0.123 e. The molecule has 0 radical (unpaired) electrons. The van der Waals surface area contributed by atoms with Crippen molar-refractivity contribution in [3.8, 4) is 10.6 Å². The van der Waals surface area contributed by atoms with Gasteiger partial charge in [0.2, 0.25) is 0 Å². The second kappa shape index (κ2) is 4.55. The fourth-order valence-corrected chi connectivity index (χ4v) is 2.33. The van der Waals surface area contributed by atoms with Crippen LogP contribution in [0.2, 0.25) is 0 Å². The summed E-state index contributed by atoms with van der Waals surface area (Å²) in [6.45, 7) is 2.76. The summed E-state index contributed by atoms with van der Waals surface area (Å²) < 4.78 is 0. The summed E-state index contributed by atoms with van der Waals surface area (Å²) >= 11 is 1.68. The van der Waals surface area contributed by atoms with E-state index in [-0.39, 0.29) is 0 Å². The molecule has 78 valence electrons. The molecule has 2 rings (SSSR count). The highest BCUT2D eigenvalue weighted by Gasteiger charge is 2.03. The van der Waals surface area contributed by atoms with Crippen molar-refractivity contribution in [2.45, 2.75) is 13.3 Å². The van der Waals surface area contributed by atoms with Crippen molar-refractivity contribution >= 4 is 11.3 Å². The molecule has 0 unspecified atom stereocenters. The summed E-state index contributed by atoms with van der Waals surface area (Å²) in [5.74, 6) is 0. The molecule has 0 amide bonds. The molecule has 15 heavy (non-hydrogen) atoms. The first kappa shape index (κ1) is 10.3. The zero-order chi connectivity index (χ0) is 10.7. The maximum absolute atomic E-state index is 5.50. The standard InChI is InChI=1S/C12H14N2S/c1-9-3-2-4-10(7-9)12-14-11(5-6-13)8-15-12/h2-4,7-8H,5-6,13H2,1H3. The van der Waals surface area contributed by atoms with Gasteiger partial charge in [-0.05, 0) is 19.5 Å². The summed E-state index contributed by atoms with van der Waals surface area (Å²) in [4.78, 5) is 4.55. The predicted molar refractivity (Wildman–Crippen MR) is 65.0 cm³/mol. The second-order valence-electron chi connectivity index (χ2n) is 3.55. The Morgan fingerprint density at radius 2 is 2.27 bits per heavy atom. The van der Waals surface area contributed by atoms with Gasteiger partial charge < -0.3 is 5.73 Å². The average molecular weight is 218 g/mol. The van der Waals surface area contributed by atoms with Crippen molar-refractivity contribution < 1.29 is 0 Å². The molecule has 0 aliphatic heterocycles.